The van der Waals surface area contributed by atoms with Crippen molar-refractivity contribution in [3.63, 3.8) is 0 Å². The van der Waals surface area contributed by atoms with E-state index in [1.807, 2.05) is 34.1 Å². The summed E-state index contributed by atoms with van der Waals surface area (Å²) in [5, 5.41) is 7.14. The number of thiophene rings is 1. The molecular weight excluding hydrogens is 384 g/mol. The number of nitrogens with zero attached hydrogens (tertiary/aromatic N) is 2. The van der Waals surface area contributed by atoms with Crippen LogP contribution in [0.2, 0.25) is 0 Å². The van der Waals surface area contributed by atoms with E-state index >= 15 is 0 Å². The highest BCUT2D eigenvalue weighted by molar-refractivity contribution is 7.07. The Kier molecular flexibility index (Phi) is 5.61. The topological polar surface area (TPSA) is 78.7 Å². The minimum atomic E-state index is -0.0563. The summed E-state index contributed by atoms with van der Waals surface area (Å²) in [4.78, 5) is 28.8. The molecule has 6 nitrogen and oxygen atoms in total. The Morgan fingerprint density at radius 2 is 1.93 bits per heavy atom. The van der Waals surface area contributed by atoms with E-state index in [1.54, 1.807) is 18.3 Å². The van der Waals surface area contributed by atoms with Crippen LogP contribution in [0.3, 0.4) is 0 Å². The van der Waals surface area contributed by atoms with Gasteiger partial charge in [0.2, 0.25) is 5.91 Å². The Morgan fingerprint density at radius 3 is 2.52 bits per heavy atom. The Morgan fingerprint density at radius 1 is 1.21 bits per heavy atom. The number of hydrogen-bond acceptors (Lipinski definition) is 4. The summed E-state index contributed by atoms with van der Waals surface area (Å²) in [6, 6.07) is 9.96. The van der Waals surface area contributed by atoms with Crippen molar-refractivity contribution in [3.05, 3.63) is 52.2 Å². The van der Waals surface area contributed by atoms with Crippen molar-refractivity contribution in [1.82, 2.24) is 9.80 Å². The Labute approximate surface area is 175 Å². The molecular formula is C22H28N4O2S. The van der Waals surface area contributed by atoms with E-state index < -0.39 is 0 Å². The predicted molar refractivity (Wildman–Crippen MR) is 116 cm³/mol. The lowest BCUT2D eigenvalue weighted by Crippen LogP contribution is -2.44. The first-order chi connectivity index (χ1) is 14.0. The molecule has 1 spiro atoms. The molecule has 3 amide bonds. The van der Waals surface area contributed by atoms with E-state index in [0.717, 1.165) is 43.6 Å². The summed E-state index contributed by atoms with van der Waals surface area (Å²) < 4.78 is 0. The van der Waals surface area contributed by atoms with E-state index in [-0.39, 0.29) is 17.4 Å². The fourth-order valence-electron chi connectivity index (χ4n) is 4.41. The van der Waals surface area contributed by atoms with Gasteiger partial charge in [0.15, 0.2) is 0 Å². The molecule has 29 heavy (non-hydrogen) atoms. The lowest BCUT2D eigenvalue weighted by Gasteiger charge is -2.34. The second kappa shape index (κ2) is 8.16. The monoisotopic (exact) mass is 412 g/mol. The number of piperidine rings is 1. The molecule has 1 aromatic heterocycles. The molecule has 1 saturated carbocycles. The maximum atomic E-state index is 12.6. The van der Waals surface area contributed by atoms with Crippen LogP contribution in [0.15, 0.2) is 41.1 Å². The molecule has 1 aliphatic heterocycles. The van der Waals surface area contributed by atoms with Gasteiger partial charge < -0.3 is 20.9 Å². The third-order valence-electron chi connectivity index (χ3n) is 6.35. The fraction of sp³-hybridized carbons (Fsp3) is 0.455. The zero-order valence-electron chi connectivity index (χ0n) is 16.8. The summed E-state index contributed by atoms with van der Waals surface area (Å²) >= 11 is 1.66. The van der Waals surface area contributed by atoms with Crippen LogP contribution in [0, 0.1) is 5.41 Å². The first-order valence-electron chi connectivity index (χ1n) is 10.1. The lowest BCUT2D eigenvalue weighted by atomic mass is 9.92. The molecule has 0 radical (unpaired) electrons. The van der Waals surface area contributed by atoms with Gasteiger partial charge in [-0.15, -0.1) is 0 Å². The Bertz CT molecular complexity index is 857. The highest BCUT2D eigenvalue weighted by atomic mass is 32.1. The van der Waals surface area contributed by atoms with Crippen molar-refractivity contribution >= 4 is 29.0 Å². The maximum absolute atomic E-state index is 12.6. The van der Waals surface area contributed by atoms with Gasteiger partial charge in [-0.05, 0) is 64.8 Å². The first-order valence-corrected chi connectivity index (χ1v) is 11.1. The number of nitrogens with two attached hydrogens (primary N) is 1. The van der Waals surface area contributed by atoms with Gasteiger partial charge in [-0.2, -0.15) is 11.3 Å². The number of nitrogens with one attached hydrogen (secondary N) is 1. The zero-order valence-corrected chi connectivity index (χ0v) is 17.6. The fourth-order valence-corrected chi connectivity index (χ4v) is 5.07. The average Bonchev–Trinajstić information content (AvgIpc) is 3.15. The predicted octanol–water partition coefficient (Wildman–Crippen LogP) is 3.64. The summed E-state index contributed by atoms with van der Waals surface area (Å²) in [5.41, 5.74) is 8.83. The third-order valence-corrected chi connectivity index (χ3v) is 7.08. The standard InChI is InChI=1S/C22H28N4O2S/c1-16(27)26(14-18-6-11-29-15-18)20-12-22(20)7-9-25(10-8-22)21(28)24-19-4-2-17(13-23)3-5-19/h2-6,11,15,20H,7-10,12-14,23H2,1H3,(H,24,28). The van der Waals surface area contributed by atoms with Gasteiger partial charge in [0, 0.05) is 44.8 Å². The SMILES string of the molecule is CC(=O)N(Cc1ccsc1)C1CC12CCN(C(=O)Nc1ccc(CN)cc1)CC2. The number of amides is 3. The number of hydrogen-bond donors (Lipinski definition) is 2. The van der Waals surface area contributed by atoms with Crippen LogP contribution in [0.5, 0.6) is 0 Å². The lowest BCUT2D eigenvalue weighted by molar-refractivity contribution is -0.130. The molecule has 1 saturated heterocycles. The van der Waals surface area contributed by atoms with Gasteiger partial charge in [-0.25, -0.2) is 4.79 Å². The number of likely N-dealkylation sites (tertiary alicyclic amines) is 1. The van der Waals surface area contributed by atoms with Gasteiger partial charge in [0.25, 0.3) is 0 Å². The zero-order chi connectivity index (χ0) is 20.4. The molecule has 1 aliphatic carbocycles. The second-order valence-electron chi connectivity index (χ2n) is 8.18. The third kappa shape index (κ3) is 4.31. The van der Waals surface area contributed by atoms with E-state index in [4.69, 9.17) is 5.73 Å². The van der Waals surface area contributed by atoms with E-state index in [0.29, 0.717) is 19.1 Å². The number of anilines is 1. The van der Waals surface area contributed by atoms with E-state index in [1.165, 1.54) is 5.56 Å². The van der Waals surface area contributed by atoms with Crippen molar-refractivity contribution < 1.29 is 9.59 Å². The number of carbonyl (C=O) groups is 2. The summed E-state index contributed by atoms with van der Waals surface area (Å²) in [5.74, 6) is 0.138. The number of carbonyl (C=O) groups excluding carboxylic acids is 2. The molecule has 2 aliphatic rings. The van der Waals surface area contributed by atoms with Crippen LogP contribution in [0.1, 0.15) is 37.3 Å². The minimum Gasteiger partial charge on any atom is -0.335 e. The molecule has 1 aromatic carbocycles. The summed E-state index contributed by atoms with van der Waals surface area (Å²) in [6.07, 6.45) is 2.95. The van der Waals surface area contributed by atoms with Crippen LogP contribution < -0.4 is 11.1 Å². The Balaban J connectivity index is 1.31. The number of benzene rings is 1. The molecule has 154 valence electrons. The van der Waals surface area contributed by atoms with Crippen molar-refractivity contribution in [2.75, 3.05) is 18.4 Å². The van der Waals surface area contributed by atoms with Gasteiger partial charge >= 0.3 is 6.03 Å². The molecule has 2 aromatic rings. The van der Waals surface area contributed by atoms with E-state index in [2.05, 4.69) is 22.1 Å². The second-order valence-corrected chi connectivity index (χ2v) is 8.96. The Hall–Kier alpha value is -2.38. The van der Waals surface area contributed by atoms with Crippen LogP contribution >= 0.6 is 11.3 Å². The minimum absolute atomic E-state index is 0.0563. The molecule has 2 heterocycles. The average molecular weight is 413 g/mol. The molecule has 7 heteroatoms. The van der Waals surface area contributed by atoms with Gasteiger partial charge in [0.1, 0.15) is 0 Å². The smallest absolute Gasteiger partial charge is 0.321 e. The number of urea groups is 1. The maximum Gasteiger partial charge on any atom is 0.321 e. The highest BCUT2D eigenvalue weighted by Crippen LogP contribution is 2.57. The summed E-state index contributed by atoms with van der Waals surface area (Å²) in [7, 11) is 0. The van der Waals surface area contributed by atoms with E-state index in [9.17, 15) is 9.59 Å². The molecule has 1 atom stereocenters. The van der Waals surface area contributed by atoms with Crippen LogP contribution in [0.4, 0.5) is 10.5 Å². The normalized spacial score (nSPS) is 19.8. The molecule has 3 N–H and O–H groups in total. The van der Waals surface area contributed by atoms with Gasteiger partial charge in [-0.1, -0.05) is 12.1 Å². The van der Waals surface area contributed by atoms with Gasteiger partial charge in [0.05, 0.1) is 0 Å². The largest absolute Gasteiger partial charge is 0.335 e. The van der Waals surface area contributed by atoms with Crippen LogP contribution in [-0.2, 0) is 17.9 Å². The highest BCUT2D eigenvalue weighted by Gasteiger charge is 2.58. The van der Waals surface area contributed by atoms with Gasteiger partial charge in [-0.3, -0.25) is 4.79 Å². The van der Waals surface area contributed by atoms with Crippen molar-refractivity contribution in [2.24, 2.45) is 11.1 Å². The quantitative estimate of drug-likeness (QED) is 0.787. The first kappa shape index (κ1) is 19.9. The summed E-state index contributed by atoms with van der Waals surface area (Å²) in [6.45, 7) is 4.30. The molecule has 2 fully saturated rings. The van der Waals surface area contributed by atoms with Crippen molar-refractivity contribution in [2.45, 2.75) is 45.3 Å². The molecule has 0 bridgehead atoms. The van der Waals surface area contributed by atoms with Crippen LogP contribution in [-0.4, -0.2) is 40.9 Å². The van der Waals surface area contributed by atoms with Crippen molar-refractivity contribution in [3.8, 4) is 0 Å². The molecule has 4 rings (SSSR count). The van der Waals surface area contributed by atoms with Crippen molar-refractivity contribution in [1.29, 1.82) is 0 Å². The number of rotatable bonds is 5. The molecule has 1 unspecified atom stereocenters. The van der Waals surface area contributed by atoms with Crippen LogP contribution in [0.25, 0.3) is 0 Å².